The summed E-state index contributed by atoms with van der Waals surface area (Å²) in [6.07, 6.45) is 0. The predicted molar refractivity (Wildman–Crippen MR) is 81.2 cm³/mol. The Morgan fingerprint density at radius 2 is 1.90 bits per heavy atom. The largest absolute Gasteiger partial charge is 0.454 e. The van der Waals surface area contributed by atoms with Gasteiger partial charge in [0.15, 0.2) is 11.5 Å². The third-order valence-electron chi connectivity index (χ3n) is 3.39. The highest BCUT2D eigenvalue weighted by molar-refractivity contribution is 6.04. The van der Waals surface area contributed by atoms with Crippen molar-refractivity contribution in [2.45, 2.75) is 6.92 Å². The number of hydrogen-bond donors (Lipinski definition) is 2. The van der Waals surface area contributed by atoms with Gasteiger partial charge in [0.05, 0.1) is 0 Å². The van der Waals surface area contributed by atoms with Crippen molar-refractivity contribution in [3.63, 3.8) is 0 Å². The van der Waals surface area contributed by atoms with Crippen molar-refractivity contribution in [2.24, 2.45) is 0 Å². The van der Waals surface area contributed by atoms with Gasteiger partial charge in [-0.1, -0.05) is 0 Å². The number of benzene rings is 2. The van der Waals surface area contributed by atoms with Gasteiger partial charge in [-0.2, -0.15) is 0 Å². The summed E-state index contributed by atoms with van der Waals surface area (Å²) in [5.74, 6) is 1.19. The van der Waals surface area contributed by atoms with Crippen molar-refractivity contribution >= 4 is 17.3 Å². The standard InChI is InChI=1S/C16H16N2O3/c1-10-7-11(3-5-13(10)17-2)16(19)18-12-4-6-14-15(8-12)21-9-20-14/h3-8,17H,9H2,1-2H3,(H,18,19). The molecule has 2 N–H and O–H groups in total. The van der Waals surface area contributed by atoms with Crippen LogP contribution in [0.15, 0.2) is 36.4 Å². The highest BCUT2D eigenvalue weighted by Gasteiger charge is 2.14. The summed E-state index contributed by atoms with van der Waals surface area (Å²) in [6.45, 7) is 2.18. The number of rotatable bonds is 3. The highest BCUT2D eigenvalue weighted by Crippen LogP contribution is 2.34. The van der Waals surface area contributed by atoms with Gasteiger partial charge in [-0.15, -0.1) is 0 Å². The summed E-state index contributed by atoms with van der Waals surface area (Å²) in [5, 5.41) is 5.93. The predicted octanol–water partition coefficient (Wildman–Crippen LogP) is 3.02. The van der Waals surface area contributed by atoms with Crippen LogP contribution in [0.2, 0.25) is 0 Å². The second-order valence-corrected chi connectivity index (χ2v) is 4.80. The Labute approximate surface area is 122 Å². The first-order chi connectivity index (χ1) is 10.2. The van der Waals surface area contributed by atoms with Crippen LogP contribution in [0.3, 0.4) is 0 Å². The maximum Gasteiger partial charge on any atom is 0.255 e. The van der Waals surface area contributed by atoms with Crippen LogP contribution in [0.5, 0.6) is 11.5 Å². The van der Waals surface area contributed by atoms with E-state index in [0.717, 1.165) is 11.3 Å². The molecule has 0 aromatic heterocycles. The van der Waals surface area contributed by atoms with E-state index in [1.165, 1.54) is 0 Å². The first-order valence-electron chi connectivity index (χ1n) is 6.67. The molecule has 0 radical (unpaired) electrons. The lowest BCUT2D eigenvalue weighted by atomic mass is 10.1. The molecule has 3 rings (SSSR count). The molecule has 1 aliphatic heterocycles. The minimum absolute atomic E-state index is 0.153. The number of aryl methyl sites for hydroxylation is 1. The molecule has 0 spiro atoms. The topological polar surface area (TPSA) is 59.6 Å². The number of hydrogen-bond acceptors (Lipinski definition) is 4. The van der Waals surface area contributed by atoms with Gasteiger partial charge in [-0.05, 0) is 42.8 Å². The van der Waals surface area contributed by atoms with Crippen LogP contribution in [-0.2, 0) is 0 Å². The number of nitrogens with one attached hydrogen (secondary N) is 2. The molecule has 0 bridgehead atoms. The molecule has 108 valence electrons. The monoisotopic (exact) mass is 284 g/mol. The molecule has 5 heteroatoms. The summed E-state index contributed by atoms with van der Waals surface area (Å²) in [5.41, 5.74) is 3.33. The zero-order chi connectivity index (χ0) is 14.8. The molecule has 21 heavy (non-hydrogen) atoms. The summed E-state index contributed by atoms with van der Waals surface area (Å²) < 4.78 is 10.5. The normalized spacial score (nSPS) is 12.1. The van der Waals surface area contributed by atoms with E-state index in [1.54, 1.807) is 24.3 Å². The molecule has 1 heterocycles. The molecule has 0 saturated carbocycles. The average molecular weight is 284 g/mol. The summed E-state index contributed by atoms with van der Waals surface area (Å²) in [7, 11) is 1.86. The highest BCUT2D eigenvalue weighted by atomic mass is 16.7. The first kappa shape index (κ1) is 13.3. The van der Waals surface area contributed by atoms with Gasteiger partial charge in [0, 0.05) is 30.1 Å². The maximum absolute atomic E-state index is 12.3. The molecule has 1 aliphatic rings. The van der Waals surface area contributed by atoms with Crippen molar-refractivity contribution in [1.29, 1.82) is 0 Å². The van der Waals surface area contributed by atoms with Crippen LogP contribution in [0.4, 0.5) is 11.4 Å². The Morgan fingerprint density at radius 1 is 1.10 bits per heavy atom. The number of anilines is 2. The van der Waals surface area contributed by atoms with Gasteiger partial charge >= 0.3 is 0 Å². The van der Waals surface area contributed by atoms with E-state index in [4.69, 9.17) is 9.47 Å². The SMILES string of the molecule is CNc1ccc(C(=O)Nc2ccc3c(c2)OCO3)cc1C. The van der Waals surface area contributed by atoms with Gasteiger partial charge in [0.1, 0.15) is 0 Å². The van der Waals surface area contributed by atoms with Gasteiger partial charge in [-0.25, -0.2) is 0 Å². The van der Waals surface area contributed by atoms with E-state index in [2.05, 4.69) is 10.6 Å². The molecule has 5 nitrogen and oxygen atoms in total. The number of amides is 1. The lowest BCUT2D eigenvalue weighted by molar-refractivity contribution is 0.102. The number of carbonyl (C=O) groups is 1. The van der Waals surface area contributed by atoms with Crippen molar-refractivity contribution in [1.82, 2.24) is 0 Å². The van der Waals surface area contributed by atoms with Gasteiger partial charge in [0.25, 0.3) is 5.91 Å². The Balaban J connectivity index is 1.78. The van der Waals surface area contributed by atoms with Crippen LogP contribution in [0.25, 0.3) is 0 Å². The van der Waals surface area contributed by atoms with Crippen LogP contribution in [0.1, 0.15) is 15.9 Å². The Bertz CT molecular complexity index is 698. The zero-order valence-electron chi connectivity index (χ0n) is 11.9. The van der Waals surface area contributed by atoms with Crippen molar-refractivity contribution in [3.05, 3.63) is 47.5 Å². The summed E-state index contributed by atoms with van der Waals surface area (Å²) in [4.78, 5) is 12.3. The third kappa shape index (κ3) is 2.63. The fraction of sp³-hybridized carbons (Fsp3) is 0.188. The number of carbonyl (C=O) groups excluding carboxylic acids is 1. The second-order valence-electron chi connectivity index (χ2n) is 4.80. The van der Waals surface area contributed by atoms with E-state index >= 15 is 0 Å². The molecule has 0 unspecified atom stereocenters. The van der Waals surface area contributed by atoms with E-state index in [0.29, 0.717) is 22.7 Å². The molecule has 0 saturated heterocycles. The third-order valence-corrected chi connectivity index (χ3v) is 3.39. The fourth-order valence-corrected chi connectivity index (χ4v) is 2.26. The van der Waals surface area contributed by atoms with Crippen molar-refractivity contribution < 1.29 is 14.3 Å². The van der Waals surface area contributed by atoms with Crippen LogP contribution in [-0.4, -0.2) is 19.7 Å². The van der Waals surface area contributed by atoms with Crippen LogP contribution in [0, 0.1) is 6.92 Å². The Hall–Kier alpha value is -2.69. The molecule has 2 aromatic rings. The number of ether oxygens (including phenoxy) is 2. The maximum atomic E-state index is 12.3. The molecule has 0 atom stereocenters. The molecule has 2 aromatic carbocycles. The van der Waals surface area contributed by atoms with Crippen LogP contribution >= 0.6 is 0 Å². The van der Waals surface area contributed by atoms with Gasteiger partial charge in [0.2, 0.25) is 6.79 Å². The fourth-order valence-electron chi connectivity index (χ4n) is 2.26. The minimum Gasteiger partial charge on any atom is -0.454 e. The lowest BCUT2D eigenvalue weighted by Crippen LogP contribution is -2.12. The quantitative estimate of drug-likeness (QED) is 0.909. The van der Waals surface area contributed by atoms with Gasteiger partial charge < -0.3 is 20.1 Å². The minimum atomic E-state index is -0.153. The molecular weight excluding hydrogens is 268 g/mol. The first-order valence-corrected chi connectivity index (χ1v) is 6.67. The van der Waals surface area contributed by atoms with Crippen LogP contribution < -0.4 is 20.1 Å². The zero-order valence-corrected chi connectivity index (χ0v) is 11.9. The Morgan fingerprint density at radius 3 is 2.67 bits per heavy atom. The molecule has 1 amide bonds. The summed E-state index contributed by atoms with van der Waals surface area (Å²) >= 11 is 0. The molecular formula is C16H16N2O3. The number of fused-ring (bicyclic) bond motifs is 1. The second kappa shape index (κ2) is 5.36. The molecule has 0 aliphatic carbocycles. The van der Waals surface area contributed by atoms with E-state index in [1.807, 2.05) is 26.1 Å². The van der Waals surface area contributed by atoms with E-state index in [-0.39, 0.29) is 12.7 Å². The van der Waals surface area contributed by atoms with E-state index in [9.17, 15) is 4.79 Å². The van der Waals surface area contributed by atoms with Crippen molar-refractivity contribution in [3.8, 4) is 11.5 Å². The van der Waals surface area contributed by atoms with Gasteiger partial charge in [-0.3, -0.25) is 4.79 Å². The van der Waals surface area contributed by atoms with E-state index < -0.39 is 0 Å². The molecule has 0 fully saturated rings. The Kier molecular flexibility index (Phi) is 3.39. The summed E-state index contributed by atoms with van der Waals surface area (Å²) in [6, 6.07) is 10.9. The smallest absolute Gasteiger partial charge is 0.255 e. The van der Waals surface area contributed by atoms with Crippen molar-refractivity contribution in [2.75, 3.05) is 24.5 Å². The average Bonchev–Trinajstić information content (AvgIpc) is 2.94. The lowest BCUT2D eigenvalue weighted by Gasteiger charge is -2.09.